The second-order valence-corrected chi connectivity index (χ2v) is 5.60. The van der Waals surface area contributed by atoms with E-state index < -0.39 is 6.10 Å². The standard InChI is InChI=1S/C17H16N4O2S/c1-10(22)6-7-23-12-4-2-11(3-5-12)15-13(8-18)16(20)21-17(24)14(15)9-19/h2-5,10,22H,6-7H2,1H3,(H3,20,21,24). The molecule has 0 aliphatic heterocycles. The van der Waals surface area contributed by atoms with E-state index in [1.165, 1.54) is 0 Å². The minimum Gasteiger partial charge on any atom is -0.493 e. The second-order valence-electron chi connectivity index (χ2n) is 5.18. The molecule has 0 aliphatic rings. The molecular weight excluding hydrogens is 324 g/mol. The number of nitrogens with two attached hydrogens (primary N) is 1. The first kappa shape index (κ1) is 17.6. The number of thiol groups is 1. The summed E-state index contributed by atoms with van der Waals surface area (Å²) in [7, 11) is 0. The number of hydrogen-bond donors (Lipinski definition) is 3. The molecule has 122 valence electrons. The van der Waals surface area contributed by atoms with Crippen LogP contribution in [-0.2, 0) is 0 Å². The van der Waals surface area contributed by atoms with Crippen LogP contribution in [0.5, 0.6) is 5.75 Å². The predicted molar refractivity (Wildman–Crippen MR) is 92.6 cm³/mol. The zero-order chi connectivity index (χ0) is 17.7. The Morgan fingerprint density at radius 3 is 2.42 bits per heavy atom. The summed E-state index contributed by atoms with van der Waals surface area (Å²) in [6, 6.07) is 11.0. The summed E-state index contributed by atoms with van der Waals surface area (Å²) in [4.78, 5) is 3.92. The molecule has 3 N–H and O–H groups in total. The Morgan fingerprint density at radius 2 is 1.88 bits per heavy atom. The number of nitrogen functional groups attached to an aromatic ring is 1. The highest BCUT2D eigenvalue weighted by molar-refractivity contribution is 7.80. The summed E-state index contributed by atoms with van der Waals surface area (Å²) in [5, 5.41) is 28.1. The lowest BCUT2D eigenvalue weighted by Gasteiger charge is -2.12. The maximum absolute atomic E-state index is 9.36. The second kappa shape index (κ2) is 7.69. The highest BCUT2D eigenvalue weighted by Gasteiger charge is 2.18. The zero-order valence-electron chi connectivity index (χ0n) is 13.0. The number of nitrogens with zero attached hydrogens (tertiary/aromatic N) is 3. The lowest BCUT2D eigenvalue weighted by Crippen LogP contribution is -2.07. The zero-order valence-corrected chi connectivity index (χ0v) is 13.9. The number of aromatic nitrogens is 1. The lowest BCUT2D eigenvalue weighted by molar-refractivity contribution is 0.155. The Hall–Kier alpha value is -2.74. The number of aliphatic hydroxyl groups excluding tert-OH is 1. The first-order valence-electron chi connectivity index (χ1n) is 7.21. The van der Waals surface area contributed by atoms with Crippen LogP contribution in [0, 0.1) is 22.7 Å². The van der Waals surface area contributed by atoms with Crippen molar-refractivity contribution in [1.29, 1.82) is 10.5 Å². The molecule has 0 spiro atoms. The number of ether oxygens (including phenoxy) is 1. The Morgan fingerprint density at radius 1 is 1.25 bits per heavy atom. The summed E-state index contributed by atoms with van der Waals surface area (Å²) < 4.78 is 5.53. The van der Waals surface area contributed by atoms with Gasteiger partial charge in [-0.25, -0.2) is 4.98 Å². The van der Waals surface area contributed by atoms with Crippen molar-refractivity contribution in [3.63, 3.8) is 0 Å². The van der Waals surface area contributed by atoms with Crippen molar-refractivity contribution < 1.29 is 9.84 Å². The van der Waals surface area contributed by atoms with Gasteiger partial charge in [0.15, 0.2) is 0 Å². The smallest absolute Gasteiger partial charge is 0.143 e. The average Bonchev–Trinajstić information content (AvgIpc) is 2.54. The number of anilines is 1. The largest absolute Gasteiger partial charge is 0.493 e. The fraction of sp³-hybridized carbons (Fsp3) is 0.235. The summed E-state index contributed by atoms with van der Waals surface area (Å²) in [6.45, 7) is 2.09. The van der Waals surface area contributed by atoms with Gasteiger partial charge in [0.1, 0.15) is 34.3 Å². The molecule has 0 amide bonds. The molecule has 1 aromatic heterocycles. The normalized spacial score (nSPS) is 11.4. The molecule has 0 saturated heterocycles. The van der Waals surface area contributed by atoms with Gasteiger partial charge < -0.3 is 15.6 Å². The molecule has 0 fully saturated rings. The molecule has 24 heavy (non-hydrogen) atoms. The number of benzene rings is 1. The van der Waals surface area contributed by atoms with Crippen LogP contribution in [0.1, 0.15) is 24.5 Å². The SMILES string of the molecule is CC(O)CCOc1ccc(-c2c(C#N)c(N)nc(S)c2C#N)cc1. The van der Waals surface area contributed by atoms with Gasteiger partial charge in [-0.3, -0.25) is 0 Å². The van der Waals surface area contributed by atoms with Crippen molar-refractivity contribution in [3.8, 4) is 29.0 Å². The van der Waals surface area contributed by atoms with Gasteiger partial charge >= 0.3 is 0 Å². The van der Waals surface area contributed by atoms with E-state index in [1.807, 2.05) is 12.1 Å². The van der Waals surface area contributed by atoms with E-state index in [2.05, 4.69) is 17.6 Å². The van der Waals surface area contributed by atoms with Crippen LogP contribution in [0.4, 0.5) is 5.82 Å². The Labute approximate surface area is 145 Å². The van der Waals surface area contributed by atoms with Crippen molar-refractivity contribution in [1.82, 2.24) is 4.98 Å². The van der Waals surface area contributed by atoms with Gasteiger partial charge in [-0.05, 0) is 24.6 Å². The van der Waals surface area contributed by atoms with Crippen LogP contribution in [0.3, 0.4) is 0 Å². The third-order valence-electron chi connectivity index (χ3n) is 3.38. The van der Waals surface area contributed by atoms with Gasteiger partial charge in [-0.2, -0.15) is 10.5 Å². The molecule has 0 aliphatic carbocycles. The number of pyridine rings is 1. The van der Waals surface area contributed by atoms with E-state index >= 15 is 0 Å². The molecule has 2 aromatic rings. The summed E-state index contributed by atoms with van der Waals surface area (Å²) in [6.07, 6.45) is 0.109. The van der Waals surface area contributed by atoms with E-state index in [0.29, 0.717) is 29.9 Å². The van der Waals surface area contributed by atoms with Crippen molar-refractivity contribution in [3.05, 3.63) is 35.4 Å². The van der Waals surface area contributed by atoms with Crippen molar-refractivity contribution in [2.75, 3.05) is 12.3 Å². The van der Waals surface area contributed by atoms with Crippen LogP contribution < -0.4 is 10.5 Å². The highest BCUT2D eigenvalue weighted by atomic mass is 32.1. The van der Waals surface area contributed by atoms with Gasteiger partial charge in [-0.15, -0.1) is 12.6 Å². The molecule has 1 atom stereocenters. The van der Waals surface area contributed by atoms with Gasteiger partial charge in [0, 0.05) is 12.0 Å². The number of aliphatic hydroxyl groups is 1. The van der Waals surface area contributed by atoms with Crippen LogP contribution in [0.15, 0.2) is 29.3 Å². The molecule has 0 bridgehead atoms. The first-order chi connectivity index (χ1) is 11.5. The topological polar surface area (TPSA) is 116 Å². The molecule has 2 rings (SSSR count). The maximum atomic E-state index is 9.36. The summed E-state index contributed by atoms with van der Waals surface area (Å²) >= 11 is 4.17. The fourth-order valence-electron chi connectivity index (χ4n) is 2.16. The van der Waals surface area contributed by atoms with E-state index in [-0.39, 0.29) is 22.0 Å². The molecular formula is C17H16N4O2S. The van der Waals surface area contributed by atoms with Gasteiger partial charge in [0.2, 0.25) is 0 Å². The van der Waals surface area contributed by atoms with Gasteiger partial charge in [0.05, 0.1) is 18.3 Å². The van der Waals surface area contributed by atoms with Gasteiger partial charge in [-0.1, -0.05) is 12.1 Å². The fourth-order valence-corrected chi connectivity index (χ4v) is 2.43. The molecule has 6 nitrogen and oxygen atoms in total. The number of rotatable bonds is 5. The first-order valence-corrected chi connectivity index (χ1v) is 7.66. The summed E-state index contributed by atoms with van der Waals surface area (Å²) in [5.74, 6) is 0.665. The van der Waals surface area contributed by atoms with Crippen LogP contribution in [0.2, 0.25) is 0 Å². The van der Waals surface area contributed by atoms with E-state index in [1.54, 1.807) is 31.2 Å². The predicted octanol–water partition coefficient (Wildman–Crippen LogP) is 2.51. The van der Waals surface area contributed by atoms with E-state index in [0.717, 1.165) is 0 Å². The van der Waals surface area contributed by atoms with Gasteiger partial charge in [0.25, 0.3) is 0 Å². The molecule has 1 heterocycles. The van der Waals surface area contributed by atoms with Crippen molar-refractivity contribution >= 4 is 18.4 Å². The molecule has 7 heteroatoms. The molecule has 1 unspecified atom stereocenters. The van der Waals surface area contributed by atoms with Crippen molar-refractivity contribution in [2.45, 2.75) is 24.5 Å². The summed E-state index contributed by atoms with van der Waals surface area (Å²) in [5.41, 5.74) is 7.18. The molecule has 0 radical (unpaired) electrons. The van der Waals surface area contributed by atoms with Crippen LogP contribution in [0.25, 0.3) is 11.1 Å². The Balaban J connectivity index is 2.39. The molecule has 0 saturated carbocycles. The monoisotopic (exact) mass is 340 g/mol. The quantitative estimate of drug-likeness (QED) is 0.720. The average molecular weight is 340 g/mol. The number of nitriles is 2. The van der Waals surface area contributed by atoms with Crippen LogP contribution >= 0.6 is 12.6 Å². The Bertz CT molecular complexity index is 782. The minimum atomic E-state index is -0.422. The van der Waals surface area contributed by atoms with E-state index in [4.69, 9.17) is 10.5 Å². The third-order valence-corrected chi connectivity index (χ3v) is 3.70. The minimum absolute atomic E-state index is 0.0359. The number of hydrogen-bond acceptors (Lipinski definition) is 7. The Kier molecular flexibility index (Phi) is 5.64. The highest BCUT2D eigenvalue weighted by Crippen LogP contribution is 2.33. The van der Waals surface area contributed by atoms with Crippen molar-refractivity contribution in [2.24, 2.45) is 0 Å². The maximum Gasteiger partial charge on any atom is 0.143 e. The van der Waals surface area contributed by atoms with E-state index in [9.17, 15) is 15.6 Å². The molecule has 1 aromatic carbocycles. The van der Waals surface area contributed by atoms with Crippen LogP contribution in [-0.4, -0.2) is 22.8 Å². The lowest BCUT2D eigenvalue weighted by atomic mass is 9.97. The third kappa shape index (κ3) is 3.77.